The Morgan fingerprint density at radius 2 is 1.88 bits per heavy atom. The van der Waals surface area contributed by atoms with Gasteiger partial charge in [0, 0.05) is 29.6 Å². The van der Waals surface area contributed by atoms with Crippen molar-refractivity contribution in [3.63, 3.8) is 0 Å². The molecule has 2 heterocycles. The van der Waals surface area contributed by atoms with Crippen LogP contribution in [0, 0.1) is 19.8 Å². The van der Waals surface area contributed by atoms with Gasteiger partial charge in [-0.05, 0) is 74.1 Å². The molecule has 1 saturated heterocycles. The van der Waals surface area contributed by atoms with Gasteiger partial charge in [-0.3, -0.25) is 10.1 Å². The van der Waals surface area contributed by atoms with Crippen LogP contribution in [0.1, 0.15) is 41.3 Å². The molecule has 1 aliphatic heterocycles. The first-order chi connectivity index (χ1) is 15.2. The molecule has 1 N–H and O–H groups in total. The number of hydrogen-bond donors (Lipinski definition) is 1. The molecule has 8 heteroatoms. The molecule has 1 aromatic heterocycles. The average Bonchev–Trinajstić information content (AvgIpc) is 3.24. The van der Waals surface area contributed by atoms with E-state index < -0.39 is 10.0 Å². The number of sulfonamides is 1. The van der Waals surface area contributed by atoms with Crippen LogP contribution in [0.25, 0.3) is 11.3 Å². The first kappa shape index (κ1) is 22.6. The van der Waals surface area contributed by atoms with Crippen molar-refractivity contribution in [1.29, 1.82) is 0 Å². The molecule has 168 valence electrons. The first-order valence-corrected chi connectivity index (χ1v) is 13.0. The van der Waals surface area contributed by atoms with Crippen molar-refractivity contribution in [2.75, 3.05) is 18.4 Å². The van der Waals surface area contributed by atoms with Gasteiger partial charge in [-0.2, -0.15) is 4.31 Å². The summed E-state index contributed by atoms with van der Waals surface area (Å²) in [6.07, 6.45) is 1.92. The summed E-state index contributed by atoms with van der Waals surface area (Å²) < 4.78 is 27.4. The smallest absolute Gasteiger partial charge is 0.257 e. The minimum atomic E-state index is -3.54. The van der Waals surface area contributed by atoms with E-state index in [2.05, 4.69) is 43.2 Å². The maximum absolute atomic E-state index is 12.9. The normalized spacial score (nSPS) is 17.3. The Balaban J connectivity index is 1.45. The van der Waals surface area contributed by atoms with Gasteiger partial charge in [0.1, 0.15) is 0 Å². The summed E-state index contributed by atoms with van der Waals surface area (Å²) in [5.41, 5.74) is 4.61. The zero-order chi connectivity index (χ0) is 22.9. The lowest BCUT2D eigenvalue weighted by molar-refractivity contribution is 0.102. The van der Waals surface area contributed by atoms with Crippen LogP contribution in [0.3, 0.4) is 0 Å². The van der Waals surface area contributed by atoms with Crippen LogP contribution >= 0.6 is 11.3 Å². The first-order valence-electron chi connectivity index (χ1n) is 10.7. The molecule has 3 aromatic rings. The molecular weight excluding hydrogens is 442 g/mol. The van der Waals surface area contributed by atoms with Crippen LogP contribution in [-0.2, 0) is 10.0 Å². The summed E-state index contributed by atoms with van der Waals surface area (Å²) in [5, 5.41) is 5.22. The third-order valence-corrected chi connectivity index (χ3v) is 8.54. The van der Waals surface area contributed by atoms with E-state index in [4.69, 9.17) is 0 Å². The molecule has 6 nitrogen and oxygen atoms in total. The van der Waals surface area contributed by atoms with Gasteiger partial charge in [-0.15, -0.1) is 11.3 Å². The average molecular weight is 470 g/mol. The third-order valence-electron chi connectivity index (χ3n) is 5.90. The van der Waals surface area contributed by atoms with Crippen LogP contribution < -0.4 is 5.32 Å². The summed E-state index contributed by atoms with van der Waals surface area (Å²) in [5.74, 6) is 0.0390. The van der Waals surface area contributed by atoms with Gasteiger partial charge < -0.3 is 0 Å². The van der Waals surface area contributed by atoms with Crippen molar-refractivity contribution < 1.29 is 13.2 Å². The van der Waals surface area contributed by atoms with Gasteiger partial charge in [-0.25, -0.2) is 13.4 Å². The van der Waals surface area contributed by atoms with Gasteiger partial charge in [0.2, 0.25) is 10.0 Å². The van der Waals surface area contributed by atoms with Crippen molar-refractivity contribution in [3.8, 4) is 11.3 Å². The fraction of sp³-hybridized carbons (Fsp3) is 0.333. The van der Waals surface area contributed by atoms with Crippen LogP contribution in [-0.4, -0.2) is 36.7 Å². The molecule has 1 amide bonds. The van der Waals surface area contributed by atoms with Crippen molar-refractivity contribution in [2.45, 2.75) is 38.5 Å². The Bertz CT molecular complexity index is 1230. The van der Waals surface area contributed by atoms with Gasteiger partial charge in [-0.1, -0.05) is 19.1 Å². The van der Waals surface area contributed by atoms with Crippen molar-refractivity contribution in [1.82, 2.24) is 9.29 Å². The second-order valence-electron chi connectivity index (χ2n) is 8.43. The minimum absolute atomic E-state index is 0.217. The van der Waals surface area contributed by atoms with Gasteiger partial charge in [0.25, 0.3) is 5.91 Å². The molecule has 1 aliphatic rings. The fourth-order valence-electron chi connectivity index (χ4n) is 3.83. The standard InChI is InChI=1S/C24H27N3O3S2/c1-16-5-4-12-27(14-16)32(29,30)21-10-8-19(9-11-21)23(28)26-24-25-22(15-31-24)20-7-6-17(2)18(3)13-20/h6-11,13,15-16H,4-5,12,14H2,1-3H3,(H,25,26,28)/t16-/m0/s1. The number of carbonyl (C=O) groups excluding carboxylic acids is 1. The fourth-order valence-corrected chi connectivity index (χ4v) is 6.14. The van der Waals surface area contributed by atoms with Crippen LogP contribution in [0.4, 0.5) is 5.13 Å². The van der Waals surface area contributed by atoms with Gasteiger partial charge >= 0.3 is 0 Å². The maximum Gasteiger partial charge on any atom is 0.257 e. The molecule has 0 spiro atoms. The molecule has 4 rings (SSSR count). The SMILES string of the molecule is Cc1ccc(-c2csc(NC(=O)c3ccc(S(=O)(=O)N4CCC[C@H](C)C4)cc3)n2)cc1C. The number of carbonyl (C=O) groups is 1. The predicted molar refractivity (Wildman–Crippen MR) is 129 cm³/mol. The van der Waals surface area contributed by atoms with E-state index >= 15 is 0 Å². The third kappa shape index (κ3) is 4.77. The number of aryl methyl sites for hydroxylation is 2. The summed E-state index contributed by atoms with van der Waals surface area (Å²) in [6.45, 7) is 7.28. The molecule has 0 unspecified atom stereocenters. The monoisotopic (exact) mass is 469 g/mol. The minimum Gasteiger partial charge on any atom is -0.298 e. The number of benzene rings is 2. The van der Waals surface area contributed by atoms with E-state index in [1.807, 2.05) is 11.4 Å². The molecular formula is C24H27N3O3S2. The van der Waals surface area contributed by atoms with E-state index in [-0.39, 0.29) is 10.8 Å². The van der Waals surface area contributed by atoms with Crippen LogP contribution in [0.2, 0.25) is 0 Å². The Kier molecular flexibility index (Phi) is 6.46. The van der Waals surface area contributed by atoms with Gasteiger partial charge in [0.15, 0.2) is 5.13 Å². The lowest BCUT2D eigenvalue weighted by Crippen LogP contribution is -2.39. The second-order valence-corrected chi connectivity index (χ2v) is 11.2. The van der Waals surface area contributed by atoms with Gasteiger partial charge in [0.05, 0.1) is 10.6 Å². The molecule has 0 radical (unpaired) electrons. The Labute approximate surface area is 193 Å². The topological polar surface area (TPSA) is 79.4 Å². The number of aromatic nitrogens is 1. The Morgan fingerprint density at radius 3 is 2.56 bits per heavy atom. The zero-order valence-electron chi connectivity index (χ0n) is 18.5. The molecule has 1 atom stereocenters. The molecule has 0 saturated carbocycles. The summed E-state index contributed by atoms with van der Waals surface area (Å²) in [7, 11) is -3.54. The lowest BCUT2D eigenvalue weighted by atomic mass is 10.0. The molecule has 32 heavy (non-hydrogen) atoms. The number of hydrogen-bond acceptors (Lipinski definition) is 5. The quantitative estimate of drug-likeness (QED) is 0.564. The number of piperidine rings is 1. The van der Waals surface area contributed by atoms with Crippen LogP contribution in [0.5, 0.6) is 0 Å². The largest absolute Gasteiger partial charge is 0.298 e. The van der Waals surface area contributed by atoms with E-state index in [9.17, 15) is 13.2 Å². The van der Waals surface area contributed by atoms with E-state index in [1.54, 1.807) is 16.4 Å². The lowest BCUT2D eigenvalue weighted by Gasteiger charge is -2.30. The highest BCUT2D eigenvalue weighted by Crippen LogP contribution is 2.27. The van der Waals surface area contributed by atoms with E-state index in [1.165, 1.54) is 34.6 Å². The number of thiazole rings is 1. The number of nitrogens with one attached hydrogen (secondary N) is 1. The zero-order valence-corrected chi connectivity index (χ0v) is 20.1. The molecule has 0 aliphatic carbocycles. The highest BCUT2D eigenvalue weighted by molar-refractivity contribution is 7.89. The number of amides is 1. The highest BCUT2D eigenvalue weighted by Gasteiger charge is 2.28. The van der Waals surface area contributed by atoms with E-state index in [0.717, 1.165) is 24.1 Å². The Hall–Kier alpha value is -2.55. The predicted octanol–water partition coefficient (Wildman–Crippen LogP) is 5.10. The Morgan fingerprint density at radius 1 is 1.12 bits per heavy atom. The van der Waals surface area contributed by atoms with Crippen molar-refractivity contribution in [3.05, 3.63) is 64.5 Å². The molecule has 1 fully saturated rings. The second kappa shape index (κ2) is 9.13. The molecule has 0 bridgehead atoms. The van der Waals surface area contributed by atoms with Crippen LogP contribution in [0.15, 0.2) is 52.7 Å². The van der Waals surface area contributed by atoms with Crippen molar-refractivity contribution in [2.24, 2.45) is 5.92 Å². The number of nitrogens with zero attached hydrogens (tertiary/aromatic N) is 2. The molecule has 2 aromatic carbocycles. The number of rotatable bonds is 5. The number of anilines is 1. The summed E-state index contributed by atoms with van der Waals surface area (Å²) >= 11 is 1.36. The summed E-state index contributed by atoms with van der Waals surface area (Å²) in [6, 6.07) is 12.3. The highest BCUT2D eigenvalue weighted by atomic mass is 32.2. The maximum atomic E-state index is 12.9. The van der Waals surface area contributed by atoms with E-state index in [0.29, 0.717) is 29.7 Å². The summed E-state index contributed by atoms with van der Waals surface area (Å²) in [4.78, 5) is 17.4. The van der Waals surface area contributed by atoms with Crippen molar-refractivity contribution >= 4 is 32.4 Å².